The molecule has 0 N–H and O–H groups in total. The van der Waals surface area contributed by atoms with Gasteiger partial charge in [-0.1, -0.05) is 36.4 Å². The van der Waals surface area contributed by atoms with Crippen LogP contribution in [0.1, 0.15) is 23.1 Å². The minimum atomic E-state index is -0.923. The second-order valence-electron chi connectivity index (χ2n) is 8.30. The zero-order valence-corrected chi connectivity index (χ0v) is 19.9. The van der Waals surface area contributed by atoms with Crippen molar-refractivity contribution in [2.24, 2.45) is 11.8 Å². The summed E-state index contributed by atoms with van der Waals surface area (Å²) in [5.74, 6) is 2.09. The van der Waals surface area contributed by atoms with Crippen molar-refractivity contribution in [2.45, 2.75) is 12.0 Å². The molecule has 6 heteroatoms. The topological polar surface area (TPSA) is 63.2 Å². The van der Waals surface area contributed by atoms with Crippen molar-refractivity contribution in [1.82, 2.24) is 0 Å². The fraction of sp³-hybridized carbons (Fsp3) is 0.321. The molecule has 0 heterocycles. The van der Waals surface area contributed by atoms with Gasteiger partial charge in [0, 0.05) is 0 Å². The number of esters is 1. The quantitative estimate of drug-likeness (QED) is 0.318. The summed E-state index contributed by atoms with van der Waals surface area (Å²) in [7, 11) is 6.36. The summed E-state index contributed by atoms with van der Waals surface area (Å²) in [6.45, 7) is 0.407. The van der Waals surface area contributed by atoms with Gasteiger partial charge in [-0.2, -0.15) is 0 Å². The molecule has 6 nitrogen and oxygen atoms in total. The molecule has 178 valence electrons. The summed E-state index contributed by atoms with van der Waals surface area (Å²) in [5.41, 5.74) is 1.91. The molecule has 2 unspecified atom stereocenters. The van der Waals surface area contributed by atoms with Crippen molar-refractivity contribution >= 4 is 5.97 Å². The molecule has 3 aromatic carbocycles. The number of hydrogen-bond donors (Lipinski definition) is 0. The minimum absolute atomic E-state index is 0.113. The summed E-state index contributed by atoms with van der Waals surface area (Å²) in [4.78, 5) is 12.0. The zero-order valence-electron chi connectivity index (χ0n) is 19.9. The van der Waals surface area contributed by atoms with Crippen LogP contribution in [0.25, 0.3) is 0 Å². The first-order valence-electron chi connectivity index (χ1n) is 11.2. The number of methoxy groups -OCH3 is 4. The molecule has 1 aliphatic rings. The Kier molecular flexibility index (Phi) is 7.08. The minimum Gasteiger partial charge on any atom is -0.497 e. The Labute approximate surface area is 200 Å². The van der Waals surface area contributed by atoms with Gasteiger partial charge < -0.3 is 23.7 Å². The highest BCUT2D eigenvalue weighted by atomic mass is 16.5. The van der Waals surface area contributed by atoms with Gasteiger partial charge in [0.1, 0.15) is 22.8 Å². The fourth-order valence-electron chi connectivity index (χ4n) is 4.33. The first kappa shape index (κ1) is 23.6. The number of ether oxygens (including phenoxy) is 5. The van der Waals surface area contributed by atoms with E-state index in [4.69, 9.17) is 23.7 Å². The van der Waals surface area contributed by atoms with Crippen LogP contribution in [0.2, 0.25) is 0 Å². The predicted octanol–water partition coefficient (Wildman–Crippen LogP) is 4.83. The molecule has 0 aliphatic heterocycles. The second-order valence-corrected chi connectivity index (χ2v) is 8.30. The standard InChI is InChI=1S/C28H30O6/c1-30-23-11-5-20(6-12-23)28(21-7-13-24(31-2)14-8-21,22-9-15-25(32-3)16-10-22)34-18-19-17-26(19)27(29)33-4/h5-16,19,26H,17-18H2,1-4H3. The van der Waals surface area contributed by atoms with Gasteiger partial charge >= 0.3 is 5.97 Å². The van der Waals surface area contributed by atoms with E-state index in [0.717, 1.165) is 40.4 Å². The first-order valence-corrected chi connectivity index (χ1v) is 11.2. The normalized spacial score (nSPS) is 17.1. The van der Waals surface area contributed by atoms with Crippen LogP contribution in [0, 0.1) is 11.8 Å². The summed E-state index contributed by atoms with van der Waals surface area (Å²) in [5, 5.41) is 0. The van der Waals surface area contributed by atoms with Gasteiger partial charge in [0.2, 0.25) is 0 Å². The lowest BCUT2D eigenvalue weighted by Gasteiger charge is -2.36. The Morgan fingerprint density at radius 2 is 1.09 bits per heavy atom. The monoisotopic (exact) mass is 462 g/mol. The molecule has 0 radical (unpaired) electrons. The Morgan fingerprint density at radius 1 is 0.706 bits per heavy atom. The van der Waals surface area contributed by atoms with Crippen LogP contribution in [0.15, 0.2) is 72.8 Å². The smallest absolute Gasteiger partial charge is 0.309 e. The van der Waals surface area contributed by atoms with Gasteiger partial charge in [-0.15, -0.1) is 0 Å². The zero-order chi connectivity index (χ0) is 24.1. The van der Waals surface area contributed by atoms with E-state index in [1.54, 1.807) is 21.3 Å². The first-order chi connectivity index (χ1) is 16.5. The molecular weight excluding hydrogens is 432 g/mol. The van der Waals surface area contributed by atoms with Gasteiger partial charge in [-0.05, 0) is 65.4 Å². The van der Waals surface area contributed by atoms with Crippen molar-refractivity contribution in [2.75, 3.05) is 35.0 Å². The molecule has 1 aliphatic carbocycles. The predicted molar refractivity (Wildman–Crippen MR) is 128 cm³/mol. The van der Waals surface area contributed by atoms with Gasteiger partial charge in [-0.25, -0.2) is 0 Å². The number of carbonyl (C=O) groups is 1. The SMILES string of the molecule is COC(=O)C1CC1COC(c1ccc(OC)cc1)(c1ccc(OC)cc1)c1ccc(OC)cc1. The van der Waals surface area contributed by atoms with Crippen LogP contribution in [0.3, 0.4) is 0 Å². The third-order valence-corrected chi connectivity index (χ3v) is 6.43. The summed E-state index contributed by atoms with van der Waals surface area (Å²) < 4.78 is 27.9. The molecule has 0 saturated heterocycles. The molecule has 0 spiro atoms. The van der Waals surface area contributed by atoms with Crippen LogP contribution in [0.4, 0.5) is 0 Å². The van der Waals surface area contributed by atoms with Crippen molar-refractivity contribution in [1.29, 1.82) is 0 Å². The van der Waals surface area contributed by atoms with E-state index in [9.17, 15) is 4.79 Å². The second kappa shape index (κ2) is 10.2. The number of carbonyl (C=O) groups excluding carboxylic acids is 1. The van der Waals surface area contributed by atoms with E-state index in [2.05, 4.69) is 0 Å². The summed E-state index contributed by atoms with van der Waals surface area (Å²) in [6, 6.07) is 23.6. The molecule has 4 rings (SSSR count). The van der Waals surface area contributed by atoms with Gasteiger partial charge in [0.25, 0.3) is 0 Å². The number of hydrogen-bond acceptors (Lipinski definition) is 6. The molecule has 0 amide bonds. The number of rotatable bonds is 10. The Morgan fingerprint density at radius 3 is 1.41 bits per heavy atom. The van der Waals surface area contributed by atoms with Gasteiger partial charge in [0.15, 0.2) is 0 Å². The van der Waals surface area contributed by atoms with Crippen molar-refractivity contribution in [3.63, 3.8) is 0 Å². The average Bonchev–Trinajstić information content (AvgIpc) is 3.69. The average molecular weight is 463 g/mol. The van der Waals surface area contributed by atoms with Crippen LogP contribution < -0.4 is 14.2 Å². The van der Waals surface area contributed by atoms with Crippen LogP contribution in [0.5, 0.6) is 17.2 Å². The summed E-state index contributed by atoms with van der Waals surface area (Å²) >= 11 is 0. The van der Waals surface area contributed by atoms with E-state index in [-0.39, 0.29) is 17.8 Å². The van der Waals surface area contributed by atoms with Crippen LogP contribution in [-0.2, 0) is 19.9 Å². The molecule has 2 atom stereocenters. The van der Waals surface area contributed by atoms with E-state index in [1.165, 1.54) is 7.11 Å². The van der Waals surface area contributed by atoms with Crippen LogP contribution >= 0.6 is 0 Å². The lowest BCUT2D eigenvalue weighted by Crippen LogP contribution is -2.34. The van der Waals surface area contributed by atoms with E-state index in [0.29, 0.717) is 6.61 Å². The third kappa shape index (κ3) is 4.59. The largest absolute Gasteiger partial charge is 0.497 e. The molecule has 1 saturated carbocycles. The van der Waals surface area contributed by atoms with Crippen molar-refractivity contribution in [3.05, 3.63) is 89.5 Å². The van der Waals surface area contributed by atoms with Gasteiger partial charge in [-0.3, -0.25) is 4.79 Å². The molecular formula is C28H30O6. The van der Waals surface area contributed by atoms with E-state index >= 15 is 0 Å². The van der Waals surface area contributed by atoms with E-state index in [1.807, 2.05) is 72.8 Å². The van der Waals surface area contributed by atoms with Crippen molar-refractivity contribution < 1.29 is 28.5 Å². The highest BCUT2D eigenvalue weighted by Gasteiger charge is 2.47. The van der Waals surface area contributed by atoms with E-state index < -0.39 is 5.60 Å². The summed E-state index contributed by atoms with van der Waals surface area (Å²) in [6.07, 6.45) is 0.761. The Hall–Kier alpha value is -3.51. The fourth-order valence-corrected chi connectivity index (χ4v) is 4.33. The Bertz CT molecular complexity index is 974. The highest BCUT2D eigenvalue weighted by Crippen LogP contribution is 2.46. The van der Waals surface area contributed by atoms with Gasteiger partial charge in [0.05, 0.1) is 41.0 Å². The highest BCUT2D eigenvalue weighted by molar-refractivity contribution is 5.75. The molecule has 3 aromatic rings. The third-order valence-electron chi connectivity index (χ3n) is 6.43. The maximum atomic E-state index is 12.0. The molecule has 0 bridgehead atoms. The van der Waals surface area contributed by atoms with Crippen LogP contribution in [-0.4, -0.2) is 41.0 Å². The molecule has 34 heavy (non-hydrogen) atoms. The molecule has 0 aromatic heterocycles. The maximum Gasteiger partial charge on any atom is 0.309 e. The Balaban J connectivity index is 1.82. The lowest BCUT2D eigenvalue weighted by molar-refractivity contribution is -0.142. The van der Waals surface area contributed by atoms with Crippen molar-refractivity contribution in [3.8, 4) is 17.2 Å². The number of benzene rings is 3. The molecule has 1 fully saturated rings. The lowest BCUT2D eigenvalue weighted by atomic mass is 9.80. The maximum absolute atomic E-state index is 12.0.